The predicted molar refractivity (Wildman–Crippen MR) is 71.7 cm³/mol. The van der Waals surface area contributed by atoms with E-state index in [4.69, 9.17) is 0 Å². The third-order valence-electron chi connectivity index (χ3n) is 2.70. The smallest absolute Gasteiger partial charge is 0.277 e. The molecule has 92 valence electrons. The van der Waals surface area contributed by atoms with Crippen molar-refractivity contribution in [3.05, 3.63) is 60.8 Å². The molecule has 1 amide bonds. The Morgan fingerprint density at radius 1 is 1.00 bits per heavy atom. The summed E-state index contributed by atoms with van der Waals surface area (Å²) in [7, 11) is 0. The summed E-state index contributed by atoms with van der Waals surface area (Å²) < 4.78 is 0. The van der Waals surface area contributed by atoms with Crippen molar-refractivity contribution in [2.24, 2.45) is 0 Å². The number of anilines is 1. The first-order valence-electron chi connectivity index (χ1n) is 5.76. The molecule has 5 nitrogen and oxygen atoms in total. The molecule has 0 saturated carbocycles. The van der Waals surface area contributed by atoms with Crippen molar-refractivity contribution in [3.8, 4) is 0 Å². The van der Waals surface area contributed by atoms with Crippen molar-refractivity contribution in [3.63, 3.8) is 0 Å². The lowest BCUT2D eigenvalue weighted by atomic mass is 10.1. The van der Waals surface area contributed by atoms with Crippen LogP contribution in [0.4, 0.5) is 5.82 Å². The normalized spacial score (nSPS) is 10.3. The zero-order valence-electron chi connectivity index (χ0n) is 9.95. The largest absolute Gasteiger partial charge is 0.305 e. The molecule has 0 saturated heterocycles. The van der Waals surface area contributed by atoms with Crippen LogP contribution in [0.2, 0.25) is 0 Å². The summed E-state index contributed by atoms with van der Waals surface area (Å²) in [6.45, 7) is 0. The molecule has 3 rings (SSSR count). The molecule has 0 atom stereocenters. The quantitative estimate of drug-likeness (QED) is 0.757. The van der Waals surface area contributed by atoms with Gasteiger partial charge in [0.25, 0.3) is 5.91 Å². The fourth-order valence-corrected chi connectivity index (χ4v) is 1.81. The van der Waals surface area contributed by atoms with Crippen LogP contribution in [0, 0.1) is 0 Å². The second kappa shape index (κ2) is 4.81. The van der Waals surface area contributed by atoms with Gasteiger partial charge in [-0.25, -0.2) is 9.97 Å². The molecule has 0 aliphatic heterocycles. The van der Waals surface area contributed by atoms with Crippen LogP contribution in [0.3, 0.4) is 0 Å². The molecule has 3 aromatic rings. The number of hydrogen-bond donors (Lipinski definition) is 1. The van der Waals surface area contributed by atoms with Gasteiger partial charge in [-0.2, -0.15) is 0 Å². The minimum absolute atomic E-state index is 0.261. The predicted octanol–water partition coefficient (Wildman–Crippen LogP) is 2.28. The number of pyridine rings is 1. The molecule has 19 heavy (non-hydrogen) atoms. The molecule has 1 N–H and O–H groups in total. The monoisotopic (exact) mass is 250 g/mol. The topological polar surface area (TPSA) is 67.8 Å². The van der Waals surface area contributed by atoms with Crippen molar-refractivity contribution in [2.75, 3.05) is 5.32 Å². The number of carbonyl (C=O) groups excluding carboxylic acids is 1. The molecule has 0 fully saturated rings. The zero-order chi connectivity index (χ0) is 13.1. The number of hydrogen-bond acceptors (Lipinski definition) is 4. The maximum Gasteiger partial charge on any atom is 0.277 e. The summed E-state index contributed by atoms with van der Waals surface area (Å²) in [4.78, 5) is 24.0. The minimum Gasteiger partial charge on any atom is -0.305 e. The van der Waals surface area contributed by atoms with Crippen LogP contribution in [-0.2, 0) is 0 Å². The first kappa shape index (κ1) is 11.3. The van der Waals surface area contributed by atoms with E-state index < -0.39 is 0 Å². The van der Waals surface area contributed by atoms with Crippen LogP contribution in [0.25, 0.3) is 10.8 Å². The Bertz CT molecular complexity index is 722. The van der Waals surface area contributed by atoms with Crippen LogP contribution >= 0.6 is 0 Å². The number of nitrogens with zero attached hydrogens (tertiary/aromatic N) is 3. The Morgan fingerprint density at radius 2 is 1.89 bits per heavy atom. The number of fused-ring (bicyclic) bond motifs is 1. The van der Waals surface area contributed by atoms with E-state index in [0.29, 0.717) is 5.82 Å². The van der Waals surface area contributed by atoms with E-state index in [1.165, 1.54) is 18.6 Å². The van der Waals surface area contributed by atoms with Gasteiger partial charge in [-0.15, -0.1) is 0 Å². The van der Waals surface area contributed by atoms with Gasteiger partial charge in [0, 0.05) is 24.0 Å². The van der Waals surface area contributed by atoms with Gasteiger partial charge >= 0.3 is 0 Å². The molecule has 0 radical (unpaired) electrons. The van der Waals surface area contributed by atoms with Crippen molar-refractivity contribution in [2.45, 2.75) is 0 Å². The Balaban J connectivity index is 1.96. The van der Waals surface area contributed by atoms with E-state index in [1.807, 2.05) is 30.3 Å². The molecule has 2 aromatic heterocycles. The highest BCUT2D eigenvalue weighted by molar-refractivity contribution is 6.06. The highest BCUT2D eigenvalue weighted by Crippen LogP contribution is 2.20. The maximum absolute atomic E-state index is 12.0. The number of benzene rings is 1. The van der Waals surface area contributed by atoms with E-state index in [-0.39, 0.29) is 11.6 Å². The van der Waals surface area contributed by atoms with E-state index in [0.717, 1.165) is 10.8 Å². The lowest BCUT2D eigenvalue weighted by molar-refractivity contribution is 0.102. The molecule has 0 aliphatic rings. The minimum atomic E-state index is -0.322. The first-order chi connectivity index (χ1) is 9.34. The Kier molecular flexibility index (Phi) is 2.86. The zero-order valence-corrected chi connectivity index (χ0v) is 9.95. The van der Waals surface area contributed by atoms with Gasteiger partial charge in [0.05, 0.1) is 6.20 Å². The van der Waals surface area contributed by atoms with Gasteiger partial charge in [0.15, 0.2) is 0 Å². The molecular formula is C14H10N4O. The van der Waals surface area contributed by atoms with Gasteiger partial charge in [0.1, 0.15) is 11.5 Å². The molecule has 0 bridgehead atoms. The first-order valence-corrected chi connectivity index (χ1v) is 5.76. The van der Waals surface area contributed by atoms with Crippen LogP contribution in [-0.4, -0.2) is 20.9 Å². The summed E-state index contributed by atoms with van der Waals surface area (Å²) in [6, 6.07) is 9.62. The number of nitrogens with one attached hydrogen (secondary N) is 1. The molecule has 1 aromatic carbocycles. The van der Waals surface area contributed by atoms with Gasteiger partial charge in [-0.3, -0.25) is 9.78 Å². The lowest BCUT2D eigenvalue weighted by Gasteiger charge is -2.06. The third kappa shape index (κ3) is 2.26. The fourth-order valence-electron chi connectivity index (χ4n) is 1.81. The number of aromatic nitrogens is 3. The highest BCUT2D eigenvalue weighted by atomic mass is 16.1. The SMILES string of the molecule is O=C(Nc1nccc2ccccc12)c1cnccn1. The van der Waals surface area contributed by atoms with E-state index in [9.17, 15) is 4.79 Å². The number of amides is 1. The van der Waals surface area contributed by atoms with Crippen LogP contribution in [0.1, 0.15) is 10.5 Å². The van der Waals surface area contributed by atoms with Crippen molar-refractivity contribution >= 4 is 22.5 Å². The highest BCUT2D eigenvalue weighted by Gasteiger charge is 2.10. The summed E-state index contributed by atoms with van der Waals surface area (Å²) in [5.41, 5.74) is 0.261. The Hall–Kier alpha value is -2.82. The standard InChI is InChI=1S/C14H10N4O/c19-14(12-9-15-7-8-16-12)18-13-11-4-2-1-3-10(11)5-6-17-13/h1-9H,(H,17,18,19). The number of rotatable bonds is 2. The molecule has 0 spiro atoms. The Morgan fingerprint density at radius 3 is 2.74 bits per heavy atom. The van der Waals surface area contributed by atoms with Crippen LogP contribution in [0.5, 0.6) is 0 Å². The second-order valence-electron chi connectivity index (χ2n) is 3.93. The average molecular weight is 250 g/mol. The van der Waals surface area contributed by atoms with Gasteiger partial charge in [0.2, 0.25) is 0 Å². The Labute approximate surface area is 109 Å². The molecular weight excluding hydrogens is 240 g/mol. The van der Waals surface area contributed by atoms with Crippen LogP contribution in [0.15, 0.2) is 55.1 Å². The second-order valence-corrected chi connectivity index (χ2v) is 3.93. The lowest BCUT2D eigenvalue weighted by Crippen LogP contribution is -2.14. The van der Waals surface area contributed by atoms with Crippen LogP contribution < -0.4 is 5.32 Å². The van der Waals surface area contributed by atoms with Crippen molar-refractivity contribution in [1.29, 1.82) is 0 Å². The van der Waals surface area contributed by atoms with E-state index >= 15 is 0 Å². The van der Waals surface area contributed by atoms with Crippen molar-refractivity contribution in [1.82, 2.24) is 15.0 Å². The maximum atomic E-state index is 12.0. The summed E-state index contributed by atoms with van der Waals surface area (Å²) in [5, 5.41) is 4.66. The van der Waals surface area contributed by atoms with E-state index in [2.05, 4.69) is 20.3 Å². The summed E-state index contributed by atoms with van der Waals surface area (Å²) in [5.74, 6) is 0.200. The summed E-state index contributed by atoms with van der Waals surface area (Å²) in [6.07, 6.45) is 6.08. The van der Waals surface area contributed by atoms with Gasteiger partial charge in [-0.05, 0) is 11.5 Å². The molecule has 0 unspecified atom stereocenters. The number of carbonyl (C=O) groups is 1. The third-order valence-corrected chi connectivity index (χ3v) is 2.70. The average Bonchev–Trinajstić information content (AvgIpc) is 2.48. The molecule has 5 heteroatoms. The fraction of sp³-hybridized carbons (Fsp3) is 0. The molecule has 2 heterocycles. The van der Waals surface area contributed by atoms with E-state index in [1.54, 1.807) is 6.20 Å². The summed E-state index contributed by atoms with van der Waals surface area (Å²) >= 11 is 0. The van der Waals surface area contributed by atoms with Gasteiger partial charge < -0.3 is 5.32 Å². The molecule has 0 aliphatic carbocycles. The van der Waals surface area contributed by atoms with Gasteiger partial charge in [-0.1, -0.05) is 24.3 Å². The van der Waals surface area contributed by atoms with Crippen molar-refractivity contribution < 1.29 is 4.79 Å².